The Balaban J connectivity index is 2.91. The highest BCUT2D eigenvalue weighted by molar-refractivity contribution is 9.14. The maximum Gasteiger partial charge on any atom is 0.323 e. The lowest BCUT2D eigenvalue weighted by Crippen LogP contribution is -2.35. The second-order valence-corrected chi connectivity index (χ2v) is 3.80. The van der Waals surface area contributed by atoms with E-state index in [2.05, 4.69) is 31.9 Å². The molecule has 1 rings (SSSR count). The topological polar surface area (TPSA) is 74.7 Å². The third-order valence-corrected chi connectivity index (χ3v) is 3.36. The van der Waals surface area contributed by atoms with Crippen LogP contribution in [0.5, 0.6) is 0 Å². The molecule has 5 nitrogen and oxygen atoms in total. The Morgan fingerprint density at radius 2 is 1.62 bits per heavy atom. The molecule has 0 unspecified atom stereocenters. The fourth-order valence-electron chi connectivity index (χ4n) is 0.796. The number of aliphatic carboxylic acids is 1. The van der Waals surface area contributed by atoms with E-state index in [4.69, 9.17) is 5.11 Å². The molecule has 0 aromatic rings. The Kier molecular flexibility index (Phi) is 2.87. The fourth-order valence-corrected chi connectivity index (χ4v) is 1.56. The molecular weight excluding hydrogens is 310 g/mol. The summed E-state index contributed by atoms with van der Waals surface area (Å²) in [5.41, 5.74) is 0. The second kappa shape index (κ2) is 3.59. The van der Waals surface area contributed by atoms with Crippen molar-refractivity contribution in [3.8, 4) is 0 Å². The lowest BCUT2D eigenvalue weighted by Gasteiger charge is -2.09. The molecule has 0 radical (unpaired) electrons. The number of hydrogen-bond donors (Lipinski definition) is 1. The summed E-state index contributed by atoms with van der Waals surface area (Å²) in [4.78, 5) is 33.2. The maximum atomic E-state index is 11.2. The van der Waals surface area contributed by atoms with Crippen LogP contribution in [-0.2, 0) is 14.4 Å². The number of hydrogen-bond acceptors (Lipinski definition) is 3. The summed E-state index contributed by atoms with van der Waals surface area (Å²) >= 11 is 5.74. The Labute approximate surface area is 89.6 Å². The van der Waals surface area contributed by atoms with E-state index in [0.717, 1.165) is 0 Å². The van der Waals surface area contributed by atoms with Crippen molar-refractivity contribution in [2.24, 2.45) is 0 Å². The molecule has 2 amide bonds. The van der Waals surface area contributed by atoms with E-state index < -0.39 is 24.3 Å². The van der Waals surface area contributed by atoms with E-state index >= 15 is 0 Å². The highest BCUT2D eigenvalue weighted by atomic mass is 79.9. The molecule has 0 saturated carbocycles. The number of carboxylic acid groups (broad SMARTS) is 1. The zero-order valence-corrected chi connectivity index (χ0v) is 9.25. The SMILES string of the molecule is O=C(O)CN1C(=O)C(Br)=C(Br)C1=O. The highest BCUT2D eigenvalue weighted by Crippen LogP contribution is 2.28. The van der Waals surface area contributed by atoms with Crippen LogP contribution in [0, 0.1) is 0 Å². The molecule has 1 aliphatic rings. The number of carbonyl (C=O) groups is 3. The van der Waals surface area contributed by atoms with Crippen LogP contribution in [0.3, 0.4) is 0 Å². The summed E-state index contributed by atoms with van der Waals surface area (Å²) in [6.45, 7) is -0.623. The second-order valence-electron chi connectivity index (χ2n) is 2.22. The van der Waals surface area contributed by atoms with Crippen LogP contribution in [0.2, 0.25) is 0 Å². The van der Waals surface area contributed by atoms with Crippen LogP contribution in [-0.4, -0.2) is 34.3 Å². The minimum atomic E-state index is -1.23. The average molecular weight is 313 g/mol. The molecule has 0 aliphatic carbocycles. The average Bonchev–Trinajstić information content (AvgIpc) is 2.22. The Morgan fingerprint density at radius 3 is 1.92 bits per heavy atom. The molecular formula is C6H3Br2NO4. The van der Waals surface area contributed by atoms with Crippen LogP contribution < -0.4 is 0 Å². The smallest absolute Gasteiger partial charge is 0.323 e. The molecule has 0 spiro atoms. The van der Waals surface area contributed by atoms with Crippen molar-refractivity contribution in [2.45, 2.75) is 0 Å². The van der Waals surface area contributed by atoms with Gasteiger partial charge in [-0.2, -0.15) is 0 Å². The van der Waals surface area contributed by atoms with Crippen molar-refractivity contribution in [2.75, 3.05) is 6.54 Å². The first-order valence-corrected chi connectivity index (χ1v) is 4.67. The number of amides is 2. The van der Waals surface area contributed by atoms with Crippen molar-refractivity contribution in [3.63, 3.8) is 0 Å². The van der Waals surface area contributed by atoms with E-state index in [-0.39, 0.29) is 8.96 Å². The molecule has 0 atom stereocenters. The van der Waals surface area contributed by atoms with Gasteiger partial charge >= 0.3 is 5.97 Å². The lowest BCUT2D eigenvalue weighted by molar-refractivity contribution is -0.147. The van der Waals surface area contributed by atoms with Crippen molar-refractivity contribution in [3.05, 3.63) is 8.96 Å². The third kappa shape index (κ3) is 1.80. The normalized spacial score (nSPS) is 17.2. The van der Waals surface area contributed by atoms with Crippen LogP contribution in [0.1, 0.15) is 0 Å². The van der Waals surface area contributed by atoms with E-state index in [1.165, 1.54) is 0 Å². The van der Waals surface area contributed by atoms with Gasteiger partial charge in [-0.3, -0.25) is 19.3 Å². The van der Waals surface area contributed by atoms with Gasteiger partial charge in [-0.05, 0) is 31.9 Å². The predicted molar refractivity (Wildman–Crippen MR) is 49.2 cm³/mol. The molecule has 1 heterocycles. The number of halogens is 2. The Bertz CT molecular complexity index is 312. The van der Waals surface area contributed by atoms with Gasteiger partial charge in [0, 0.05) is 0 Å². The third-order valence-electron chi connectivity index (χ3n) is 1.35. The summed E-state index contributed by atoms with van der Waals surface area (Å²) in [5.74, 6) is -2.51. The summed E-state index contributed by atoms with van der Waals surface area (Å²) in [7, 11) is 0. The van der Waals surface area contributed by atoms with E-state index in [1.54, 1.807) is 0 Å². The lowest BCUT2D eigenvalue weighted by atomic mass is 10.5. The minimum Gasteiger partial charge on any atom is -0.480 e. The van der Waals surface area contributed by atoms with Gasteiger partial charge in [0.2, 0.25) is 0 Å². The highest BCUT2D eigenvalue weighted by Gasteiger charge is 2.36. The molecule has 70 valence electrons. The van der Waals surface area contributed by atoms with Gasteiger partial charge in [0.05, 0.1) is 0 Å². The molecule has 1 aliphatic heterocycles. The molecule has 7 heteroatoms. The largest absolute Gasteiger partial charge is 0.480 e. The predicted octanol–water partition coefficient (Wildman–Crippen LogP) is 0.441. The quantitative estimate of drug-likeness (QED) is 0.751. The number of carbonyl (C=O) groups excluding carboxylic acids is 2. The number of nitrogens with zero attached hydrogens (tertiary/aromatic N) is 1. The summed E-state index contributed by atoms with van der Waals surface area (Å²) < 4.78 is 0.109. The first-order valence-electron chi connectivity index (χ1n) is 3.08. The molecule has 13 heavy (non-hydrogen) atoms. The zero-order valence-electron chi connectivity index (χ0n) is 6.08. The summed E-state index contributed by atoms with van der Waals surface area (Å²) in [6.07, 6.45) is 0. The van der Waals surface area contributed by atoms with Crippen LogP contribution >= 0.6 is 31.9 Å². The number of imide groups is 1. The van der Waals surface area contributed by atoms with Gasteiger partial charge in [0.1, 0.15) is 15.5 Å². The molecule has 0 aromatic heterocycles. The molecule has 0 fully saturated rings. The molecule has 1 N–H and O–H groups in total. The van der Waals surface area contributed by atoms with Crippen molar-refractivity contribution in [1.29, 1.82) is 0 Å². The van der Waals surface area contributed by atoms with Gasteiger partial charge < -0.3 is 5.11 Å². The van der Waals surface area contributed by atoms with Gasteiger partial charge in [0.15, 0.2) is 0 Å². The summed E-state index contributed by atoms with van der Waals surface area (Å²) in [5, 5.41) is 8.39. The number of rotatable bonds is 2. The Morgan fingerprint density at radius 1 is 1.23 bits per heavy atom. The maximum absolute atomic E-state index is 11.2. The van der Waals surface area contributed by atoms with Gasteiger partial charge in [-0.15, -0.1) is 0 Å². The van der Waals surface area contributed by atoms with Gasteiger partial charge in [-0.25, -0.2) is 0 Å². The standard InChI is InChI=1S/C6H3Br2NO4/c7-3-4(8)6(13)9(5(3)12)1-2(10)11/h1H2,(H,10,11). The molecule has 0 bridgehead atoms. The van der Waals surface area contributed by atoms with E-state index in [1.807, 2.05) is 0 Å². The molecule has 0 aromatic carbocycles. The monoisotopic (exact) mass is 311 g/mol. The molecule has 0 saturated heterocycles. The van der Waals surface area contributed by atoms with Crippen LogP contribution in [0.4, 0.5) is 0 Å². The van der Waals surface area contributed by atoms with Gasteiger partial charge in [-0.1, -0.05) is 0 Å². The van der Waals surface area contributed by atoms with Crippen LogP contribution in [0.25, 0.3) is 0 Å². The van der Waals surface area contributed by atoms with E-state index in [9.17, 15) is 14.4 Å². The fraction of sp³-hybridized carbons (Fsp3) is 0.167. The van der Waals surface area contributed by atoms with E-state index in [0.29, 0.717) is 4.90 Å². The Hall–Kier alpha value is -0.690. The number of carboxylic acids is 1. The van der Waals surface area contributed by atoms with Gasteiger partial charge in [0.25, 0.3) is 11.8 Å². The van der Waals surface area contributed by atoms with Crippen molar-refractivity contribution >= 4 is 49.6 Å². The first kappa shape index (κ1) is 10.4. The van der Waals surface area contributed by atoms with Crippen LogP contribution in [0.15, 0.2) is 8.96 Å². The summed E-state index contributed by atoms with van der Waals surface area (Å²) in [6, 6.07) is 0. The zero-order chi connectivity index (χ0) is 10.2. The van der Waals surface area contributed by atoms with Crippen molar-refractivity contribution < 1.29 is 19.5 Å². The first-order chi connectivity index (χ1) is 5.95. The minimum absolute atomic E-state index is 0.0544. The van der Waals surface area contributed by atoms with Crippen molar-refractivity contribution in [1.82, 2.24) is 4.90 Å².